The van der Waals surface area contributed by atoms with Crippen LogP contribution in [0.25, 0.3) is 0 Å². The summed E-state index contributed by atoms with van der Waals surface area (Å²) in [6.07, 6.45) is 0.0689. The molecule has 4 heteroatoms. The van der Waals surface area contributed by atoms with Crippen LogP contribution in [0.3, 0.4) is 0 Å². The van der Waals surface area contributed by atoms with Gasteiger partial charge in [-0.15, -0.1) is 0 Å². The predicted octanol–water partition coefficient (Wildman–Crippen LogP) is 3.86. The highest BCUT2D eigenvalue weighted by atomic mass is 19.2. The first kappa shape index (κ1) is 14.6. The van der Waals surface area contributed by atoms with E-state index in [4.69, 9.17) is 0 Å². The number of rotatable bonds is 3. The van der Waals surface area contributed by atoms with Gasteiger partial charge in [-0.3, -0.25) is 0 Å². The van der Waals surface area contributed by atoms with Crippen molar-refractivity contribution in [3.05, 3.63) is 70.5 Å². The lowest BCUT2D eigenvalue weighted by molar-refractivity contribution is 0.0528. The zero-order valence-electron chi connectivity index (χ0n) is 11.3. The highest BCUT2D eigenvalue weighted by molar-refractivity contribution is 5.32. The van der Waals surface area contributed by atoms with Gasteiger partial charge in [0.15, 0.2) is 11.6 Å². The second-order valence-electron chi connectivity index (χ2n) is 5.12. The molecule has 0 bridgehead atoms. The largest absolute Gasteiger partial charge is 0.385 e. The molecule has 0 amide bonds. The third kappa shape index (κ3) is 2.85. The number of benzene rings is 2. The summed E-state index contributed by atoms with van der Waals surface area (Å²) < 4.78 is 40.1. The third-order valence-electron chi connectivity index (χ3n) is 3.37. The maximum atomic E-state index is 13.8. The zero-order valence-corrected chi connectivity index (χ0v) is 11.3. The quantitative estimate of drug-likeness (QED) is 0.905. The van der Waals surface area contributed by atoms with E-state index in [-0.39, 0.29) is 17.8 Å². The Morgan fingerprint density at radius 2 is 1.80 bits per heavy atom. The monoisotopic (exact) mass is 280 g/mol. The van der Waals surface area contributed by atoms with Crippen molar-refractivity contribution in [3.8, 4) is 0 Å². The molecule has 20 heavy (non-hydrogen) atoms. The summed E-state index contributed by atoms with van der Waals surface area (Å²) in [5.74, 6) is -2.43. The summed E-state index contributed by atoms with van der Waals surface area (Å²) in [6, 6.07) is 7.85. The summed E-state index contributed by atoms with van der Waals surface area (Å²) in [6.45, 7) is 3.12. The van der Waals surface area contributed by atoms with Crippen molar-refractivity contribution < 1.29 is 18.3 Å². The Balaban J connectivity index is 2.38. The molecule has 2 rings (SSSR count). The van der Waals surface area contributed by atoms with Crippen LogP contribution < -0.4 is 0 Å². The Morgan fingerprint density at radius 3 is 2.45 bits per heavy atom. The lowest BCUT2D eigenvalue weighted by atomic mass is 9.87. The van der Waals surface area contributed by atoms with Crippen molar-refractivity contribution >= 4 is 0 Å². The molecule has 0 fully saturated rings. The van der Waals surface area contributed by atoms with E-state index in [1.807, 2.05) is 0 Å². The molecule has 1 atom stereocenters. The molecule has 0 spiro atoms. The molecule has 2 aromatic carbocycles. The van der Waals surface area contributed by atoms with Crippen LogP contribution in [-0.2, 0) is 12.0 Å². The fourth-order valence-electron chi connectivity index (χ4n) is 2.24. The molecular formula is C16H15F3O. The highest BCUT2D eigenvalue weighted by Gasteiger charge is 2.28. The molecular weight excluding hydrogens is 265 g/mol. The number of hydrogen-bond acceptors (Lipinski definition) is 1. The van der Waals surface area contributed by atoms with Gasteiger partial charge < -0.3 is 5.11 Å². The van der Waals surface area contributed by atoms with Crippen LogP contribution in [0, 0.1) is 24.4 Å². The van der Waals surface area contributed by atoms with E-state index in [0.29, 0.717) is 11.1 Å². The summed E-state index contributed by atoms with van der Waals surface area (Å²) >= 11 is 0. The molecule has 106 valence electrons. The van der Waals surface area contributed by atoms with E-state index in [9.17, 15) is 18.3 Å². The van der Waals surface area contributed by atoms with Gasteiger partial charge in [0.25, 0.3) is 0 Å². The number of aryl methyl sites for hydroxylation is 1. The normalized spacial score (nSPS) is 14.1. The van der Waals surface area contributed by atoms with E-state index in [1.165, 1.54) is 37.3 Å². The van der Waals surface area contributed by atoms with E-state index in [1.54, 1.807) is 6.92 Å². The van der Waals surface area contributed by atoms with Gasteiger partial charge >= 0.3 is 0 Å². The number of aliphatic hydroxyl groups is 1. The van der Waals surface area contributed by atoms with Crippen molar-refractivity contribution in [1.82, 2.24) is 0 Å². The Hall–Kier alpha value is -1.81. The van der Waals surface area contributed by atoms with Crippen LogP contribution in [0.4, 0.5) is 13.2 Å². The minimum Gasteiger partial charge on any atom is -0.385 e. The summed E-state index contributed by atoms with van der Waals surface area (Å²) in [7, 11) is 0. The Labute approximate surface area is 115 Å². The van der Waals surface area contributed by atoms with Crippen LogP contribution in [0.5, 0.6) is 0 Å². The topological polar surface area (TPSA) is 20.2 Å². The molecule has 1 unspecified atom stereocenters. The second kappa shape index (κ2) is 5.29. The summed E-state index contributed by atoms with van der Waals surface area (Å²) in [4.78, 5) is 0. The Bertz CT molecular complexity index is 636. The van der Waals surface area contributed by atoms with Crippen LogP contribution in [0.2, 0.25) is 0 Å². The SMILES string of the molecule is Cc1cc(F)ccc1CC(C)(O)c1cccc(F)c1F. The van der Waals surface area contributed by atoms with Crippen LogP contribution in [0.15, 0.2) is 36.4 Å². The summed E-state index contributed by atoms with van der Waals surface area (Å²) in [5, 5.41) is 10.4. The molecule has 0 radical (unpaired) electrons. The van der Waals surface area contributed by atoms with Gasteiger partial charge in [0.2, 0.25) is 0 Å². The van der Waals surface area contributed by atoms with Gasteiger partial charge in [-0.1, -0.05) is 18.2 Å². The number of hydrogen-bond donors (Lipinski definition) is 1. The molecule has 2 aromatic rings. The molecule has 0 aliphatic carbocycles. The first-order valence-electron chi connectivity index (χ1n) is 6.23. The van der Waals surface area contributed by atoms with Crippen LogP contribution >= 0.6 is 0 Å². The fraction of sp³-hybridized carbons (Fsp3) is 0.250. The highest BCUT2D eigenvalue weighted by Crippen LogP contribution is 2.29. The molecule has 0 saturated heterocycles. The van der Waals surface area contributed by atoms with Crippen molar-refractivity contribution in [2.24, 2.45) is 0 Å². The van der Waals surface area contributed by atoms with Gasteiger partial charge in [-0.25, -0.2) is 13.2 Å². The van der Waals surface area contributed by atoms with Crippen LogP contribution in [0.1, 0.15) is 23.6 Å². The lowest BCUT2D eigenvalue weighted by Crippen LogP contribution is -2.26. The maximum Gasteiger partial charge on any atom is 0.164 e. The smallest absolute Gasteiger partial charge is 0.164 e. The Morgan fingerprint density at radius 1 is 1.10 bits per heavy atom. The molecule has 0 aromatic heterocycles. The third-order valence-corrected chi connectivity index (χ3v) is 3.37. The first-order valence-corrected chi connectivity index (χ1v) is 6.23. The van der Waals surface area contributed by atoms with Crippen molar-refractivity contribution in [1.29, 1.82) is 0 Å². The predicted molar refractivity (Wildman–Crippen MR) is 70.8 cm³/mol. The van der Waals surface area contributed by atoms with Gasteiger partial charge in [-0.2, -0.15) is 0 Å². The van der Waals surface area contributed by atoms with Crippen molar-refractivity contribution in [3.63, 3.8) is 0 Å². The molecule has 0 heterocycles. The first-order chi connectivity index (χ1) is 9.31. The fourth-order valence-corrected chi connectivity index (χ4v) is 2.24. The van der Waals surface area contributed by atoms with Crippen molar-refractivity contribution in [2.45, 2.75) is 25.9 Å². The van der Waals surface area contributed by atoms with Crippen LogP contribution in [-0.4, -0.2) is 5.11 Å². The zero-order chi connectivity index (χ0) is 14.9. The van der Waals surface area contributed by atoms with E-state index < -0.39 is 17.2 Å². The van der Waals surface area contributed by atoms with Gasteiger partial charge in [0.1, 0.15) is 5.82 Å². The van der Waals surface area contributed by atoms with Crippen molar-refractivity contribution in [2.75, 3.05) is 0 Å². The molecule has 1 nitrogen and oxygen atoms in total. The van der Waals surface area contributed by atoms with E-state index in [2.05, 4.69) is 0 Å². The van der Waals surface area contributed by atoms with Gasteiger partial charge in [-0.05, 0) is 43.2 Å². The second-order valence-corrected chi connectivity index (χ2v) is 5.12. The molecule has 0 aliphatic heterocycles. The molecule has 0 saturated carbocycles. The van der Waals surface area contributed by atoms with Gasteiger partial charge in [0, 0.05) is 12.0 Å². The standard InChI is InChI=1S/C16H15F3O/c1-10-8-12(17)7-6-11(10)9-16(2,20)13-4-3-5-14(18)15(13)19/h3-8,20H,9H2,1-2H3. The molecule has 0 aliphatic rings. The lowest BCUT2D eigenvalue weighted by Gasteiger charge is -2.25. The Kier molecular flexibility index (Phi) is 3.86. The van der Waals surface area contributed by atoms with E-state index >= 15 is 0 Å². The minimum absolute atomic E-state index is 0.0689. The average Bonchev–Trinajstić information content (AvgIpc) is 2.36. The minimum atomic E-state index is -1.57. The molecule has 1 N–H and O–H groups in total. The average molecular weight is 280 g/mol. The number of halogens is 3. The maximum absolute atomic E-state index is 13.8. The van der Waals surface area contributed by atoms with Gasteiger partial charge in [0.05, 0.1) is 5.60 Å². The van der Waals surface area contributed by atoms with E-state index in [0.717, 1.165) is 6.07 Å². The summed E-state index contributed by atoms with van der Waals surface area (Å²) in [5.41, 5.74) is -0.349.